The molecule has 2 rings (SSSR count). The molecule has 0 spiro atoms. The smallest absolute Gasteiger partial charge is 0.265 e. The van der Waals surface area contributed by atoms with Gasteiger partial charge < -0.3 is 20.5 Å². The molecule has 1 aliphatic rings. The molecule has 0 aromatic heterocycles. The van der Waals surface area contributed by atoms with E-state index in [0.717, 1.165) is 12.8 Å². The molecule has 2 unspecified atom stereocenters. The Bertz CT molecular complexity index is 478. The number of amides is 1. The lowest BCUT2D eigenvalue weighted by atomic mass is 9.94. The van der Waals surface area contributed by atoms with Crippen LogP contribution in [0.15, 0.2) is 24.3 Å². The molecule has 0 aliphatic carbocycles. The highest BCUT2D eigenvalue weighted by Gasteiger charge is 2.32. The average Bonchev–Trinajstić information content (AvgIpc) is 2.47. The quantitative estimate of drug-likeness (QED) is 0.855. The summed E-state index contributed by atoms with van der Waals surface area (Å²) in [5.41, 5.74) is 5.30. The summed E-state index contributed by atoms with van der Waals surface area (Å²) in [6.45, 7) is 4.79. The van der Waals surface area contributed by atoms with E-state index in [4.69, 9.17) is 15.2 Å². The maximum absolute atomic E-state index is 12.3. The lowest BCUT2D eigenvalue weighted by Gasteiger charge is -2.32. The predicted molar refractivity (Wildman–Crippen MR) is 76.9 cm³/mol. The predicted octanol–water partition coefficient (Wildman–Crippen LogP) is 1.46. The molecule has 0 bridgehead atoms. The Hall–Kier alpha value is -1.75. The number of fused-ring (bicyclic) bond motifs is 1. The second kappa shape index (κ2) is 6.13. The van der Waals surface area contributed by atoms with E-state index >= 15 is 0 Å². The van der Waals surface area contributed by atoms with Crippen LogP contribution in [0.2, 0.25) is 0 Å². The van der Waals surface area contributed by atoms with Gasteiger partial charge in [-0.15, -0.1) is 0 Å². The van der Waals surface area contributed by atoms with E-state index in [1.165, 1.54) is 0 Å². The first kappa shape index (κ1) is 14.7. The molecule has 1 aromatic carbocycles. The number of carbonyl (C=O) groups is 1. The van der Waals surface area contributed by atoms with Crippen molar-refractivity contribution in [3.8, 4) is 11.5 Å². The molecule has 0 saturated carbocycles. The van der Waals surface area contributed by atoms with Gasteiger partial charge >= 0.3 is 0 Å². The van der Waals surface area contributed by atoms with Crippen molar-refractivity contribution in [1.82, 2.24) is 5.32 Å². The Balaban J connectivity index is 2.01. The Morgan fingerprint density at radius 1 is 1.45 bits per heavy atom. The first-order valence-corrected chi connectivity index (χ1v) is 6.98. The first-order chi connectivity index (χ1) is 9.58. The fourth-order valence-electron chi connectivity index (χ4n) is 2.17. The number of benzene rings is 1. The number of nitrogens with two attached hydrogens (primary N) is 1. The molecule has 1 aliphatic heterocycles. The minimum atomic E-state index is -0.617. The van der Waals surface area contributed by atoms with E-state index in [1.54, 1.807) is 6.07 Å². The highest BCUT2D eigenvalue weighted by atomic mass is 16.6. The molecule has 1 amide bonds. The van der Waals surface area contributed by atoms with E-state index in [9.17, 15) is 4.79 Å². The monoisotopic (exact) mass is 278 g/mol. The summed E-state index contributed by atoms with van der Waals surface area (Å²) in [5.74, 6) is 1.13. The SMILES string of the molecule is CCC(C)(CCN)NC(=O)C1COc2ccccc2O1. The summed E-state index contributed by atoms with van der Waals surface area (Å²) in [4.78, 5) is 12.3. The van der Waals surface area contributed by atoms with Gasteiger partial charge in [-0.1, -0.05) is 19.1 Å². The van der Waals surface area contributed by atoms with Gasteiger partial charge in [-0.25, -0.2) is 0 Å². The Morgan fingerprint density at radius 2 is 2.15 bits per heavy atom. The van der Waals surface area contributed by atoms with Crippen LogP contribution in [0, 0.1) is 0 Å². The minimum absolute atomic E-state index is 0.155. The topological polar surface area (TPSA) is 73.6 Å². The van der Waals surface area contributed by atoms with Gasteiger partial charge in [-0.3, -0.25) is 4.79 Å². The van der Waals surface area contributed by atoms with Crippen LogP contribution >= 0.6 is 0 Å². The molecule has 2 atom stereocenters. The second-order valence-electron chi connectivity index (χ2n) is 5.31. The van der Waals surface area contributed by atoms with Crippen LogP contribution in [-0.4, -0.2) is 30.7 Å². The van der Waals surface area contributed by atoms with Gasteiger partial charge in [0.15, 0.2) is 11.5 Å². The summed E-state index contributed by atoms with van der Waals surface area (Å²) in [5, 5.41) is 3.02. The zero-order valence-corrected chi connectivity index (χ0v) is 12.0. The van der Waals surface area contributed by atoms with Crippen LogP contribution in [0.5, 0.6) is 11.5 Å². The minimum Gasteiger partial charge on any atom is -0.485 e. The molecule has 5 nitrogen and oxygen atoms in total. The number of hydrogen-bond acceptors (Lipinski definition) is 4. The Morgan fingerprint density at radius 3 is 2.80 bits per heavy atom. The van der Waals surface area contributed by atoms with E-state index in [1.807, 2.05) is 32.0 Å². The molecule has 1 aromatic rings. The summed E-state index contributed by atoms with van der Waals surface area (Å²) in [7, 11) is 0. The van der Waals surface area contributed by atoms with Crippen molar-refractivity contribution in [2.24, 2.45) is 5.73 Å². The van der Waals surface area contributed by atoms with Crippen molar-refractivity contribution >= 4 is 5.91 Å². The van der Waals surface area contributed by atoms with Crippen molar-refractivity contribution in [3.63, 3.8) is 0 Å². The van der Waals surface area contributed by atoms with Crippen LogP contribution in [0.25, 0.3) is 0 Å². The van der Waals surface area contributed by atoms with Crippen LogP contribution in [-0.2, 0) is 4.79 Å². The van der Waals surface area contributed by atoms with Crippen LogP contribution in [0.3, 0.4) is 0 Å². The molecular formula is C15H22N2O3. The zero-order chi connectivity index (χ0) is 14.6. The molecule has 20 heavy (non-hydrogen) atoms. The molecule has 0 saturated heterocycles. The molecule has 5 heteroatoms. The fraction of sp³-hybridized carbons (Fsp3) is 0.533. The van der Waals surface area contributed by atoms with E-state index in [-0.39, 0.29) is 18.1 Å². The number of para-hydroxylation sites is 2. The van der Waals surface area contributed by atoms with Gasteiger partial charge in [0, 0.05) is 5.54 Å². The van der Waals surface area contributed by atoms with Crippen LogP contribution < -0.4 is 20.5 Å². The third kappa shape index (κ3) is 3.22. The van der Waals surface area contributed by atoms with Crippen molar-refractivity contribution in [2.75, 3.05) is 13.2 Å². The van der Waals surface area contributed by atoms with Gasteiger partial charge in [0.05, 0.1) is 0 Å². The largest absolute Gasteiger partial charge is 0.485 e. The first-order valence-electron chi connectivity index (χ1n) is 6.98. The molecule has 0 fully saturated rings. The lowest BCUT2D eigenvalue weighted by Crippen LogP contribution is -2.53. The number of nitrogens with one attached hydrogen (secondary N) is 1. The molecule has 3 N–H and O–H groups in total. The summed E-state index contributed by atoms with van der Waals surface area (Å²) in [6, 6.07) is 7.35. The maximum Gasteiger partial charge on any atom is 0.265 e. The van der Waals surface area contributed by atoms with Crippen molar-refractivity contribution in [3.05, 3.63) is 24.3 Å². The summed E-state index contributed by atoms with van der Waals surface area (Å²) >= 11 is 0. The molecular weight excluding hydrogens is 256 g/mol. The van der Waals surface area contributed by atoms with Gasteiger partial charge in [-0.2, -0.15) is 0 Å². The van der Waals surface area contributed by atoms with Crippen molar-refractivity contribution in [1.29, 1.82) is 0 Å². The maximum atomic E-state index is 12.3. The summed E-state index contributed by atoms with van der Waals surface area (Å²) < 4.78 is 11.2. The third-order valence-electron chi connectivity index (χ3n) is 3.70. The van der Waals surface area contributed by atoms with Crippen LogP contribution in [0.1, 0.15) is 26.7 Å². The number of hydrogen-bond donors (Lipinski definition) is 2. The van der Waals surface area contributed by atoms with Gasteiger partial charge in [0.1, 0.15) is 6.61 Å². The third-order valence-corrected chi connectivity index (χ3v) is 3.70. The standard InChI is InChI=1S/C15H22N2O3/c1-3-15(2,8-9-16)17-14(18)13-10-19-11-6-4-5-7-12(11)20-13/h4-7,13H,3,8-10,16H2,1-2H3,(H,17,18). The number of ether oxygens (including phenoxy) is 2. The summed E-state index contributed by atoms with van der Waals surface area (Å²) in [6.07, 6.45) is 0.938. The van der Waals surface area contributed by atoms with E-state index in [2.05, 4.69) is 5.32 Å². The Kier molecular flexibility index (Phi) is 4.49. The van der Waals surface area contributed by atoms with Crippen LogP contribution in [0.4, 0.5) is 0 Å². The highest BCUT2D eigenvalue weighted by Crippen LogP contribution is 2.31. The number of carbonyl (C=O) groups excluding carboxylic acids is 1. The van der Waals surface area contributed by atoms with Crippen molar-refractivity contribution in [2.45, 2.75) is 38.3 Å². The lowest BCUT2D eigenvalue weighted by molar-refractivity contribution is -0.132. The molecule has 0 radical (unpaired) electrons. The fourth-order valence-corrected chi connectivity index (χ4v) is 2.17. The van der Waals surface area contributed by atoms with Crippen molar-refractivity contribution < 1.29 is 14.3 Å². The van der Waals surface area contributed by atoms with Gasteiger partial charge in [-0.05, 0) is 38.4 Å². The average molecular weight is 278 g/mol. The van der Waals surface area contributed by atoms with E-state index < -0.39 is 6.10 Å². The normalized spacial score (nSPS) is 20.1. The van der Waals surface area contributed by atoms with Gasteiger partial charge in [0.25, 0.3) is 5.91 Å². The van der Waals surface area contributed by atoms with E-state index in [0.29, 0.717) is 18.0 Å². The molecule has 1 heterocycles. The van der Waals surface area contributed by atoms with Gasteiger partial charge in [0.2, 0.25) is 6.10 Å². The number of rotatable bonds is 5. The molecule has 110 valence electrons. The highest BCUT2D eigenvalue weighted by molar-refractivity contribution is 5.82. The second-order valence-corrected chi connectivity index (χ2v) is 5.31. The zero-order valence-electron chi connectivity index (χ0n) is 12.0. The Labute approximate surface area is 119 Å².